The molecule has 1 saturated heterocycles. The zero-order valence-electron chi connectivity index (χ0n) is 26.5. The molecule has 10 nitrogen and oxygen atoms in total. The number of esters is 3. The van der Waals surface area contributed by atoms with Gasteiger partial charge in [0.2, 0.25) is 0 Å². The Kier molecular flexibility index (Phi) is 24.7. The van der Waals surface area contributed by atoms with Crippen LogP contribution in [0.5, 0.6) is 0 Å². The second kappa shape index (κ2) is 25.2. The van der Waals surface area contributed by atoms with E-state index in [1.165, 1.54) is 77.0 Å². The number of allylic oxidation sites excluding steroid dienone is 2. The Bertz CT molecular complexity index is 908. The first-order chi connectivity index (χ1) is 20.1. The van der Waals surface area contributed by atoms with E-state index in [-0.39, 0.29) is 36.0 Å². The van der Waals surface area contributed by atoms with Gasteiger partial charge >= 0.3 is 47.5 Å². The molecule has 0 radical (unpaired) electrons. The van der Waals surface area contributed by atoms with Crippen LogP contribution in [0.3, 0.4) is 0 Å². The maximum atomic E-state index is 12.2. The normalized spacial score (nSPS) is 19.6. The number of ether oxygens (including phenoxy) is 3. The molecule has 1 N–H and O–H groups in total. The largest absolute Gasteiger partial charge is 1.00 e. The summed E-state index contributed by atoms with van der Waals surface area (Å²) < 4.78 is 48.9. The van der Waals surface area contributed by atoms with E-state index < -0.39 is 71.5 Å². The summed E-state index contributed by atoms with van der Waals surface area (Å²) in [6, 6.07) is 0. The molecule has 244 valence electrons. The van der Waals surface area contributed by atoms with Gasteiger partial charge < -0.3 is 23.9 Å². The molecule has 1 aliphatic rings. The van der Waals surface area contributed by atoms with Crippen molar-refractivity contribution in [1.29, 1.82) is 0 Å². The molecule has 43 heavy (non-hydrogen) atoms. The van der Waals surface area contributed by atoms with Gasteiger partial charge in [-0.2, -0.15) is 0 Å². The maximum Gasteiger partial charge on any atom is 1.00 e. The van der Waals surface area contributed by atoms with Crippen LogP contribution in [0.1, 0.15) is 129 Å². The van der Waals surface area contributed by atoms with Crippen molar-refractivity contribution in [2.45, 2.75) is 134 Å². The fourth-order valence-electron chi connectivity index (χ4n) is 4.68. The molecule has 1 fully saturated rings. The predicted molar refractivity (Wildman–Crippen MR) is 158 cm³/mol. The molecule has 2 atom stereocenters. The summed E-state index contributed by atoms with van der Waals surface area (Å²) in [5, 5.41) is 7.62. The number of rotatable bonds is 23. The fraction of sp³-hybridized carbons (Fsp3) is 0.839. The summed E-state index contributed by atoms with van der Waals surface area (Å²) >= 11 is 0. The summed E-state index contributed by atoms with van der Waals surface area (Å²) in [6.45, 7) is 0.143. The molecule has 0 aromatic rings. The Morgan fingerprint density at radius 3 is 1.88 bits per heavy atom. The topological polar surface area (TPSA) is 156 Å². The first kappa shape index (κ1) is 42.0. The minimum absolute atomic E-state index is 0. The van der Waals surface area contributed by atoms with Crippen LogP contribution < -0.4 is 29.6 Å². The standard InChI is InChI=1S/C31H54O10S.Na/c1-2-3-4-5-6-7-8-9-10-11-12-13-14-15-16-17-18-19-20-21-28(33)39-24-31(23-32)25-40-29(34)22-27(42(36,37)38)30(35)41-26-31;/h11-12,27,32H,2-10,13-26H2,1H3,(H,36,37,38);/q;+1/p-1/b12-11+;. The van der Waals surface area contributed by atoms with Crippen molar-refractivity contribution in [3.8, 4) is 0 Å². The molecule has 0 aromatic carbocycles. The van der Waals surface area contributed by atoms with Crippen molar-refractivity contribution >= 4 is 28.0 Å². The smallest absolute Gasteiger partial charge is 0.747 e. The molecule has 1 aliphatic heterocycles. The van der Waals surface area contributed by atoms with Crippen molar-refractivity contribution in [2.24, 2.45) is 5.41 Å². The molecule has 0 amide bonds. The van der Waals surface area contributed by atoms with Crippen LogP contribution in [0.2, 0.25) is 0 Å². The Balaban J connectivity index is 0.0000176. The van der Waals surface area contributed by atoms with Crippen molar-refractivity contribution < 1.29 is 76.2 Å². The summed E-state index contributed by atoms with van der Waals surface area (Å²) in [5.74, 6) is -3.01. The van der Waals surface area contributed by atoms with Gasteiger partial charge in [0.25, 0.3) is 0 Å². The number of aliphatic hydroxyl groups excluding tert-OH is 1. The predicted octanol–water partition coefficient (Wildman–Crippen LogP) is 2.51. The molecule has 0 aromatic heterocycles. The van der Waals surface area contributed by atoms with Crippen LogP contribution in [0.25, 0.3) is 0 Å². The van der Waals surface area contributed by atoms with Gasteiger partial charge in [-0.15, -0.1) is 0 Å². The van der Waals surface area contributed by atoms with Gasteiger partial charge in [-0.3, -0.25) is 14.4 Å². The third-order valence-corrected chi connectivity index (χ3v) is 8.60. The van der Waals surface area contributed by atoms with E-state index in [1.54, 1.807) is 0 Å². The number of carbonyl (C=O) groups excluding carboxylic acids is 3. The summed E-state index contributed by atoms with van der Waals surface area (Å²) in [5.41, 5.74) is -1.45. The van der Waals surface area contributed by atoms with Crippen LogP contribution >= 0.6 is 0 Å². The zero-order chi connectivity index (χ0) is 31.1. The molecular formula is C31H53NaO10S. The Labute approximate surface area is 281 Å². The fourth-order valence-corrected chi connectivity index (χ4v) is 5.32. The average molecular weight is 641 g/mol. The Morgan fingerprint density at radius 1 is 0.884 bits per heavy atom. The first-order valence-electron chi connectivity index (χ1n) is 15.8. The molecule has 0 bridgehead atoms. The summed E-state index contributed by atoms with van der Waals surface area (Å²) in [6.07, 6.45) is 24.2. The number of cyclic esters (lactones) is 2. The second-order valence-electron chi connectivity index (χ2n) is 11.5. The zero-order valence-corrected chi connectivity index (χ0v) is 29.3. The number of carbonyl (C=O) groups is 3. The monoisotopic (exact) mass is 640 g/mol. The average Bonchev–Trinajstić information content (AvgIpc) is 3.02. The number of hydrogen-bond donors (Lipinski definition) is 1. The van der Waals surface area contributed by atoms with Crippen molar-refractivity contribution in [3.63, 3.8) is 0 Å². The molecule has 0 spiro atoms. The quantitative estimate of drug-likeness (QED) is 0.0440. The van der Waals surface area contributed by atoms with E-state index in [0.717, 1.165) is 25.7 Å². The van der Waals surface area contributed by atoms with Crippen LogP contribution in [0, 0.1) is 5.41 Å². The molecule has 1 rings (SSSR count). The third kappa shape index (κ3) is 20.6. The van der Waals surface area contributed by atoms with Crippen molar-refractivity contribution in [3.05, 3.63) is 12.2 Å². The van der Waals surface area contributed by atoms with Gasteiger partial charge in [-0.25, -0.2) is 8.42 Å². The number of hydrogen-bond acceptors (Lipinski definition) is 10. The Hall–Kier alpha value is -0.980. The van der Waals surface area contributed by atoms with Gasteiger partial charge in [0.1, 0.15) is 29.9 Å². The molecule has 0 saturated carbocycles. The van der Waals surface area contributed by atoms with Crippen LogP contribution in [-0.2, 0) is 38.7 Å². The molecular weight excluding hydrogens is 587 g/mol. The minimum atomic E-state index is -5.14. The van der Waals surface area contributed by atoms with Crippen molar-refractivity contribution in [2.75, 3.05) is 26.4 Å². The van der Waals surface area contributed by atoms with Crippen LogP contribution in [0.4, 0.5) is 0 Å². The summed E-state index contributed by atoms with van der Waals surface area (Å²) in [7, 11) is -5.14. The van der Waals surface area contributed by atoms with Gasteiger partial charge in [0, 0.05) is 6.42 Å². The SMILES string of the molecule is CCCCCCCCCC/C=C/CCCCCCCCCC(=O)OCC1(CO)COC(=O)CC(S(=O)(=O)[O-])C(=O)OC1.[Na+]. The number of unbranched alkanes of at least 4 members (excludes halogenated alkanes) is 15. The van der Waals surface area contributed by atoms with Crippen LogP contribution in [-0.4, -0.2) is 67.7 Å². The van der Waals surface area contributed by atoms with E-state index in [1.807, 2.05) is 0 Å². The van der Waals surface area contributed by atoms with Gasteiger partial charge in [-0.05, 0) is 32.1 Å². The first-order valence-corrected chi connectivity index (χ1v) is 17.3. The van der Waals surface area contributed by atoms with E-state index in [4.69, 9.17) is 14.2 Å². The Morgan fingerprint density at radius 2 is 1.37 bits per heavy atom. The molecule has 1 heterocycles. The van der Waals surface area contributed by atoms with Gasteiger partial charge in [0.05, 0.1) is 18.4 Å². The summed E-state index contributed by atoms with van der Waals surface area (Å²) in [4.78, 5) is 36.2. The van der Waals surface area contributed by atoms with E-state index in [2.05, 4.69) is 19.1 Å². The molecule has 2 unspecified atom stereocenters. The van der Waals surface area contributed by atoms with Gasteiger partial charge in [0.15, 0.2) is 5.25 Å². The maximum absolute atomic E-state index is 12.2. The van der Waals surface area contributed by atoms with Crippen LogP contribution in [0.15, 0.2) is 12.2 Å². The van der Waals surface area contributed by atoms with E-state index in [9.17, 15) is 32.5 Å². The molecule has 0 aliphatic carbocycles. The van der Waals surface area contributed by atoms with Gasteiger partial charge in [-0.1, -0.05) is 96.1 Å². The van der Waals surface area contributed by atoms with E-state index >= 15 is 0 Å². The third-order valence-electron chi connectivity index (χ3n) is 7.54. The van der Waals surface area contributed by atoms with E-state index in [0.29, 0.717) is 6.42 Å². The molecule has 12 heteroatoms. The number of aliphatic hydroxyl groups is 1. The minimum Gasteiger partial charge on any atom is -0.747 e. The van der Waals surface area contributed by atoms with Crippen molar-refractivity contribution in [1.82, 2.24) is 0 Å². The second-order valence-corrected chi connectivity index (χ2v) is 13.1.